The number of nitrogens with one attached hydrogen (secondary N) is 2. The third-order valence-electron chi connectivity index (χ3n) is 4.04. The first kappa shape index (κ1) is 20.1. The van der Waals surface area contributed by atoms with Crippen molar-refractivity contribution in [2.24, 2.45) is 5.92 Å². The highest BCUT2D eigenvalue weighted by atomic mass is 32.2. The van der Waals surface area contributed by atoms with E-state index in [-0.39, 0.29) is 16.7 Å². The Bertz CT molecular complexity index is 865. The van der Waals surface area contributed by atoms with Crippen LogP contribution in [0.25, 0.3) is 0 Å². The zero-order chi connectivity index (χ0) is 19.3. The predicted octanol–water partition coefficient (Wildman–Crippen LogP) is 2.32. The maximum Gasteiger partial charge on any atom is 0.241 e. The van der Waals surface area contributed by atoms with Gasteiger partial charge in [0, 0.05) is 18.9 Å². The van der Waals surface area contributed by atoms with E-state index in [1.54, 1.807) is 57.4 Å². The Balaban J connectivity index is 2.14. The van der Waals surface area contributed by atoms with Gasteiger partial charge >= 0.3 is 0 Å². The van der Waals surface area contributed by atoms with Crippen molar-refractivity contribution in [1.82, 2.24) is 15.0 Å². The predicted molar refractivity (Wildman–Crippen MR) is 101 cm³/mol. The molecular weight excluding hydrogens is 350 g/mol. The van der Waals surface area contributed by atoms with Crippen LogP contribution in [0.3, 0.4) is 0 Å². The van der Waals surface area contributed by atoms with Crippen molar-refractivity contribution in [3.63, 3.8) is 0 Å². The van der Waals surface area contributed by atoms with Crippen molar-refractivity contribution < 1.29 is 13.2 Å². The molecule has 1 amide bonds. The summed E-state index contributed by atoms with van der Waals surface area (Å²) in [6.45, 7) is 7.55. The summed E-state index contributed by atoms with van der Waals surface area (Å²) >= 11 is 0. The van der Waals surface area contributed by atoms with Gasteiger partial charge in [0.1, 0.15) is 6.04 Å². The second kappa shape index (κ2) is 8.42. The highest BCUT2D eigenvalue weighted by Gasteiger charge is 2.29. The molecule has 0 saturated carbocycles. The molecule has 0 saturated heterocycles. The van der Waals surface area contributed by atoms with E-state index in [1.807, 2.05) is 13.0 Å². The van der Waals surface area contributed by atoms with E-state index in [4.69, 9.17) is 0 Å². The smallest absolute Gasteiger partial charge is 0.241 e. The molecule has 1 aromatic heterocycles. The molecule has 2 aromatic rings. The monoisotopic (exact) mass is 375 g/mol. The van der Waals surface area contributed by atoms with Crippen molar-refractivity contribution in [3.05, 3.63) is 59.4 Å². The molecule has 0 radical (unpaired) electrons. The molecule has 0 fully saturated rings. The molecule has 1 aromatic carbocycles. The zero-order valence-corrected chi connectivity index (χ0v) is 16.3. The van der Waals surface area contributed by atoms with Crippen molar-refractivity contribution in [1.29, 1.82) is 0 Å². The van der Waals surface area contributed by atoms with Crippen LogP contribution in [-0.4, -0.2) is 25.4 Å². The molecule has 26 heavy (non-hydrogen) atoms. The van der Waals surface area contributed by atoms with Gasteiger partial charge in [0.15, 0.2) is 0 Å². The molecule has 1 heterocycles. The second-order valence-electron chi connectivity index (χ2n) is 6.69. The summed E-state index contributed by atoms with van der Waals surface area (Å²) in [5.74, 6) is -0.568. The average molecular weight is 375 g/mol. The fourth-order valence-electron chi connectivity index (χ4n) is 2.63. The van der Waals surface area contributed by atoms with Crippen LogP contribution in [0.1, 0.15) is 30.5 Å². The van der Waals surface area contributed by atoms with E-state index < -0.39 is 16.1 Å². The zero-order valence-electron chi connectivity index (χ0n) is 15.5. The maximum atomic E-state index is 12.8. The molecule has 0 aliphatic heterocycles. The summed E-state index contributed by atoms with van der Waals surface area (Å²) in [6, 6.07) is 7.88. The minimum absolute atomic E-state index is 0.189. The summed E-state index contributed by atoms with van der Waals surface area (Å²) in [4.78, 5) is 16.7. The molecule has 2 N–H and O–H groups in total. The van der Waals surface area contributed by atoms with Crippen LogP contribution in [-0.2, 0) is 21.4 Å². The van der Waals surface area contributed by atoms with Crippen LogP contribution in [0, 0.1) is 19.8 Å². The van der Waals surface area contributed by atoms with Crippen LogP contribution < -0.4 is 10.0 Å². The highest BCUT2D eigenvalue weighted by molar-refractivity contribution is 7.89. The van der Waals surface area contributed by atoms with E-state index in [0.29, 0.717) is 12.1 Å². The quantitative estimate of drug-likeness (QED) is 0.777. The number of aromatic nitrogens is 1. The highest BCUT2D eigenvalue weighted by Crippen LogP contribution is 2.18. The van der Waals surface area contributed by atoms with Crippen LogP contribution >= 0.6 is 0 Å². The Hall–Kier alpha value is -2.25. The van der Waals surface area contributed by atoms with Gasteiger partial charge < -0.3 is 5.32 Å². The van der Waals surface area contributed by atoms with Gasteiger partial charge in [-0.15, -0.1) is 0 Å². The Morgan fingerprint density at radius 2 is 1.92 bits per heavy atom. The van der Waals surface area contributed by atoms with Crippen LogP contribution in [0.4, 0.5) is 0 Å². The van der Waals surface area contributed by atoms with Gasteiger partial charge in [-0.05, 0) is 43.0 Å². The molecule has 0 aliphatic carbocycles. The second-order valence-corrected chi connectivity index (χ2v) is 8.37. The van der Waals surface area contributed by atoms with Crippen molar-refractivity contribution in [3.8, 4) is 0 Å². The maximum absolute atomic E-state index is 12.8. The van der Waals surface area contributed by atoms with Crippen LogP contribution in [0.2, 0.25) is 0 Å². The fraction of sp³-hybridized carbons (Fsp3) is 0.368. The average Bonchev–Trinajstić information content (AvgIpc) is 2.58. The van der Waals surface area contributed by atoms with Gasteiger partial charge in [-0.3, -0.25) is 9.78 Å². The van der Waals surface area contributed by atoms with Crippen molar-refractivity contribution in [2.45, 2.75) is 45.2 Å². The Kier molecular flexibility index (Phi) is 6.50. The molecule has 140 valence electrons. The number of carbonyl (C=O) groups excluding carboxylic acids is 1. The molecule has 0 bridgehead atoms. The van der Waals surface area contributed by atoms with Crippen LogP contribution in [0.5, 0.6) is 0 Å². The van der Waals surface area contributed by atoms with E-state index in [1.165, 1.54) is 0 Å². The number of benzene rings is 1. The third kappa shape index (κ3) is 5.12. The molecule has 6 nitrogen and oxygen atoms in total. The number of sulfonamides is 1. The number of aryl methyl sites for hydroxylation is 2. The lowest BCUT2D eigenvalue weighted by molar-refractivity contribution is -0.123. The molecule has 0 unspecified atom stereocenters. The van der Waals surface area contributed by atoms with Gasteiger partial charge in [-0.2, -0.15) is 4.72 Å². The van der Waals surface area contributed by atoms with Crippen molar-refractivity contribution >= 4 is 15.9 Å². The molecule has 1 atom stereocenters. The lowest BCUT2D eigenvalue weighted by Gasteiger charge is -2.22. The first-order chi connectivity index (χ1) is 12.2. The van der Waals surface area contributed by atoms with E-state index in [0.717, 1.165) is 11.1 Å². The minimum Gasteiger partial charge on any atom is -0.351 e. The number of rotatable bonds is 7. The first-order valence-corrected chi connectivity index (χ1v) is 9.95. The fourth-order valence-corrected chi connectivity index (χ4v) is 4.20. The summed E-state index contributed by atoms with van der Waals surface area (Å²) in [5, 5.41) is 2.77. The summed E-state index contributed by atoms with van der Waals surface area (Å²) in [7, 11) is -3.80. The normalized spacial score (nSPS) is 12.8. The van der Waals surface area contributed by atoms with Gasteiger partial charge in [-0.25, -0.2) is 8.42 Å². The minimum atomic E-state index is -3.80. The largest absolute Gasteiger partial charge is 0.351 e. The Labute approximate surface area is 155 Å². The molecule has 7 heteroatoms. The number of pyridine rings is 1. The van der Waals surface area contributed by atoms with Gasteiger partial charge in [0.2, 0.25) is 15.9 Å². The number of nitrogens with zero attached hydrogens (tertiary/aromatic N) is 1. The van der Waals surface area contributed by atoms with E-state index in [2.05, 4.69) is 15.0 Å². The van der Waals surface area contributed by atoms with Gasteiger partial charge in [-0.1, -0.05) is 37.6 Å². The standard InChI is InChI=1S/C19H25N3O3S/c1-13(2)18(19(23)21-12-16-6-5-9-20-11-16)22-26(24,25)17-8-7-14(3)10-15(17)4/h5-11,13,18,22H,12H2,1-4H3,(H,21,23)/t18-/m0/s1. The van der Waals surface area contributed by atoms with E-state index >= 15 is 0 Å². The molecule has 0 aliphatic rings. The van der Waals surface area contributed by atoms with Crippen molar-refractivity contribution in [2.75, 3.05) is 0 Å². The SMILES string of the molecule is Cc1ccc(S(=O)(=O)N[C@H](C(=O)NCc2cccnc2)C(C)C)c(C)c1. The number of amides is 1. The van der Waals surface area contributed by atoms with Gasteiger partial charge in [0.25, 0.3) is 0 Å². The summed E-state index contributed by atoms with van der Waals surface area (Å²) < 4.78 is 28.1. The lowest BCUT2D eigenvalue weighted by atomic mass is 10.0. The Morgan fingerprint density at radius 3 is 2.50 bits per heavy atom. The third-order valence-corrected chi connectivity index (χ3v) is 5.64. The van der Waals surface area contributed by atoms with Crippen LogP contribution in [0.15, 0.2) is 47.6 Å². The lowest BCUT2D eigenvalue weighted by Crippen LogP contribution is -2.49. The van der Waals surface area contributed by atoms with Gasteiger partial charge in [0.05, 0.1) is 4.90 Å². The number of hydrogen-bond acceptors (Lipinski definition) is 4. The Morgan fingerprint density at radius 1 is 1.19 bits per heavy atom. The molecular formula is C19H25N3O3S. The molecule has 0 spiro atoms. The summed E-state index contributed by atoms with van der Waals surface area (Å²) in [5.41, 5.74) is 2.48. The van der Waals surface area contributed by atoms with E-state index in [9.17, 15) is 13.2 Å². The number of carbonyl (C=O) groups is 1. The molecule has 2 rings (SSSR count). The number of hydrogen-bond donors (Lipinski definition) is 2. The first-order valence-electron chi connectivity index (χ1n) is 8.47. The topological polar surface area (TPSA) is 88.2 Å². The summed E-state index contributed by atoms with van der Waals surface area (Å²) in [6.07, 6.45) is 3.31.